The molecule has 0 aliphatic heterocycles. The lowest BCUT2D eigenvalue weighted by atomic mass is 9.81. The van der Waals surface area contributed by atoms with E-state index in [1.54, 1.807) is 18.3 Å². The summed E-state index contributed by atoms with van der Waals surface area (Å²) in [5.41, 5.74) is 0.524. The van der Waals surface area contributed by atoms with Gasteiger partial charge >= 0.3 is 0 Å². The van der Waals surface area contributed by atoms with Crippen molar-refractivity contribution in [1.29, 1.82) is 0 Å². The van der Waals surface area contributed by atoms with Crippen LogP contribution in [0.4, 0.5) is 5.13 Å². The summed E-state index contributed by atoms with van der Waals surface area (Å²) in [6.45, 7) is 0.553. The van der Waals surface area contributed by atoms with Gasteiger partial charge in [0.25, 0.3) is 5.56 Å². The molecule has 8 heteroatoms. The highest BCUT2D eigenvalue weighted by molar-refractivity contribution is 7.13. The summed E-state index contributed by atoms with van der Waals surface area (Å²) in [5, 5.41) is 14.2. The lowest BCUT2D eigenvalue weighted by molar-refractivity contribution is -0.121. The van der Waals surface area contributed by atoms with Crippen molar-refractivity contribution in [2.75, 3.05) is 5.32 Å². The van der Waals surface area contributed by atoms with Crippen molar-refractivity contribution in [2.24, 2.45) is 11.8 Å². The van der Waals surface area contributed by atoms with Gasteiger partial charge in [-0.25, -0.2) is 9.67 Å². The first-order valence-corrected chi connectivity index (χ1v) is 9.61. The standard InChI is InChI=1S/C18H19N5O2S/c24-16(20-18-19-9-10-26-18)13-7-5-12(6-8-13)11-23-17(25)14-3-1-2-4-15(14)21-22-23/h1-4,9-10,12-13H,5-8,11H2,(H,19,20,24). The molecule has 2 heterocycles. The molecule has 0 bridgehead atoms. The Morgan fingerprint density at radius 1 is 1.23 bits per heavy atom. The van der Waals surface area contributed by atoms with E-state index in [-0.39, 0.29) is 17.4 Å². The molecule has 3 aromatic rings. The Morgan fingerprint density at radius 2 is 2.04 bits per heavy atom. The average Bonchev–Trinajstić information content (AvgIpc) is 3.18. The van der Waals surface area contributed by atoms with Gasteiger partial charge in [-0.2, -0.15) is 0 Å². The molecule has 1 aliphatic rings. The van der Waals surface area contributed by atoms with E-state index in [2.05, 4.69) is 20.6 Å². The van der Waals surface area contributed by atoms with E-state index < -0.39 is 0 Å². The van der Waals surface area contributed by atoms with E-state index in [1.165, 1.54) is 16.0 Å². The third kappa shape index (κ3) is 3.50. The van der Waals surface area contributed by atoms with Crippen molar-refractivity contribution in [3.05, 3.63) is 46.2 Å². The number of hydrogen-bond acceptors (Lipinski definition) is 6. The molecule has 1 fully saturated rings. The first kappa shape index (κ1) is 16.8. The molecule has 2 aromatic heterocycles. The van der Waals surface area contributed by atoms with Crippen LogP contribution in [-0.4, -0.2) is 25.9 Å². The van der Waals surface area contributed by atoms with Crippen molar-refractivity contribution >= 4 is 33.3 Å². The monoisotopic (exact) mass is 369 g/mol. The van der Waals surface area contributed by atoms with Crippen molar-refractivity contribution in [3.63, 3.8) is 0 Å². The van der Waals surface area contributed by atoms with Crippen LogP contribution in [0.3, 0.4) is 0 Å². The molecular formula is C18H19N5O2S. The molecule has 1 aliphatic carbocycles. The van der Waals surface area contributed by atoms with E-state index in [9.17, 15) is 9.59 Å². The maximum Gasteiger partial charge on any atom is 0.277 e. The number of amides is 1. The van der Waals surface area contributed by atoms with E-state index >= 15 is 0 Å². The number of thiazole rings is 1. The van der Waals surface area contributed by atoms with Crippen LogP contribution >= 0.6 is 11.3 Å². The van der Waals surface area contributed by atoms with Crippen LogP contribution in [0.15, 0.2) is 40.6 Å². The smallest absolute Gasteiger partial charge is 0.277 e. The molecule has 7 nitrogen and oxygen atoms in total. The van der Waals surface area contributed by atoms with Gasteiger partial charge in [-0.15, -0.1) is 16.4 Å². The molecule has 26 heavy (non-hydrogen) atoms. The Bertz CT molecular complexity index is 961. The second-order valence-electron chi connectivity index (χ2n) is 6.64. The van der Waals surface area contributed by atoms with E-state index in [0.717, 1.165) is 25.7 Å². The minimum Gasteiger partial charge on any atom is -0.302 e. The van der Waals surface area contributed by atoms with Crippen LogP contribution in [0.25, 0.3) is 10.9 Å². The molecule has 0 spiro atoms. The number of benzene rings is 1. The first-order valence-electron chi connectivity index (χ1n) is 8.73. The normalized spacial score (nSPS) is 20.2. The Hall–Kier alpha value is -2.61. The summed E-state index contributed by atoms with van der Waals surface area (Å²) in [4.78, 5) is 28.9. The lowest BCUT2D eigenvalue weighted by Crippen LogP contribution is -2.32. The summed E-state index contributed by atoms with van der Waals surface area (Å²) < 4.78 is 1.46. The lowest BCUT2D eigenvalue weighted by Gasteiger charge is -2.27. The van der Waals surface area contributed by atoms with Crippen molar-refractivity contribution < 1.29 is 4.79 Å². The summed E-state index contributed by atoms with van der Waals surface area (Å²) in [6.07, 6.45) is 5.11. The molecule has 1 amide bonds. The molecular weight excluding hydrogens is 350 g/mol. The number of nitrogens with one attached hydrogen (secondary N) is 1. The van der Waals surface area contributed by atoms with Crippen LogP contribution in [-0.2, 0) is 11.3 Å². The zero-order valence-corrected chi connectivity index (χ0v) is 15.0. The molecule has 0 radical (unpaired) electrons. The average molecular weight is 369 g/mol. The Morgan fingerprint density at radius 3 is 2.81 bits per heavy atom. The van der Waals surface area contributed by atoms with Crippen LogP contribution in [0.5, 0.6) is 0 Å². The zero-order chi connectivity index (χ0) is 17.9. The SMILES string of the molecule is O=C(Nc1nccs1)C1CCC(Cn2nnc3ccccc3c2=O)CC1. The molecule has 4 rings (SSSR count). The van der Waals surface area contributed by atoms with Crippen molar-refractivity contribution in [3.8, 4) is 0 Å². The van der Waals surface area contributed by atoms with Crippen molar-refractivity contribution in [2.45, 2.75) is 32.2 Å². The number of aromatic nitrogens is 4. The van der Waals surface area contributed by atoms with Crippen molar-refractivity contribution in [1.82, 2.24) is 20.0 Å². The summed E-state index contributed by atoms with van der Waals surface area (Å²) in [6, 6.07) is 7.25. The molecule has 134 valence electrons. The van der Waals surface area contributed by atoms with Gasteiger partial charge < -0.3 is 5.32 Å². The maximum atomic E-state index is 12.5. The number of carbonyl (C=O) groups excluding carboxylic acids is 1. The Balaban J connectivity index is 1.37. The van der Waals surface area contributed by atoms with Crippen LogP contribution in [0.1, 0.15) is 25.7 Å². The summed E-state index contributed by atoms with van der Waals surface area (Å²) in [5.74, 6) is 0.391. The molecule has 0 saturated heterocycles. The van der Waals surface area contributed by atoms with Gasteiger partial charge in [0.15, 0.2) is 5.13 Å². The van der Waals surface area contributed by atoms with Gasteiger partial charge in [-0.3, -0.25) is 9.59 Å². The highest BCUT2D eigenvalue weighted by Gasteiger charge is 2.27. The van der Waals surface area contributed by atoms with Crippen LogP contribution in [0, 0.1) is 11.8 Å². The number of hydrogen-bond donors (Lipinski definition) is 1. The maximum absolute atomic E-state index is 12.5. The summed E-state index contributed by atoms with van der Waals surface area (Å²) in [7, 11) is 0. The van der Waals surface area contributed by atoms with Gasteiger partial charge in [0.2, 0.25) is 5.91 Å². The molecule has 0 unspecified atom stereocenters. The molecule has 1 saturated carbocycles. The molecule has 1 N–H and O–H groups in total. The Kier molecular flexibility index (Phi) is 4.75. The minimum absolute atomic E-state index is 0.00885. The van der Waals surface area contributed by atoms with Gasteiger partial charge in [-0.1, -0.05) is 17.3 Å². The second kappa shape index (κ2) is 7.33. The highest BCUT2D eigenvalue weighted by Crippen LogP contribution is 2.30. The predicted octanol–water partition coefficient (Wildman–Crippen LogP) is 2.69. The quantitative estimate of drug-likeness (QED) is 0.764. The van der Waals surface area contributed by atoms with E-state index in [1.807, 2.05) is 17.5 Å². The largest absolute Gasteiger partial charge is 0.302 e. The number of nitrogens with zero attached hydrogens (tertiary/aromatic N) is 4. The number of fused-ring (bicyclic) bond motifs is 1. The van der Waals surface area contributed by atoms with Gasteiger partial charge in [-0.05, 0) is 43.7 Å². The van der Waals surface area contributed by atoms with E-state index in [4.69, 9.17) is 0 Å². The number of rotatable bonds is 4. The number of carbonyl (C=O) groups is 1. The van der Waals surface area contributed by atoms with E-state index in [0.29, 0.717) is 28.5 Å². The topological polar surface area (TPSA) is 89.8 Å². The predicted molar refractivity (Wildman–Crippen MR) is 100.0 cm³/mol. The highest BCUT2D eigenvalue weighted by atomic mass is 32.1. The second-order valence-corrected chi connectivity index (χ2v) is 7.53. The fourth-order valence-corrected chi connectivity index (χ4v) is 4.02. The fourth-order valence-electron chi connectivity index (χ4n) is 3.49. The minimum atomic E-state index is -0.0979. The first-order chi connectivity index (χ1) is 12.7. The summed E-state index contributed by atoms with van der Waals surface area (Å²) >= 11 is 1.42. The number of anilines is 1. The van der Waals surface area contributed by atoms with Crippen LogP contribution < -0.4 is 10.9 Å². The molecule has 1 aromatic carbocycles. The molecule has 0 atom stereocenters. The fraction of sp³-hybridized carbons (Fsp3) is 0.389. The third-order valence-electron chi connectivity index (χ3n) is 4.94. The third-order valence-corrected chi connectivity index (χ3v) is 5.63. The van der Waals surface area contributed by atoms with Crippen LogP contribution in [0.2, 0.25) is 0 Å². The van der Waals surface area contributed by atoms with Gasteiger partial charge in [0.05, 0.1) is 5.39 Å². The van der Waals surface area contributed by atoms with Gasteiger partial charge in [0, 0.05) is 24.0 Å². The van der Waals surface area contributed by atoms with Gasteiger partial charge in [0.1, 0.15) is 5.52 Å². The Labute approximate surface area is 154 Å². The zero-order valence-electron chi connectivity index (χ0n) is 14.2.